The first-order valence-corrected chi connectivity index (χ1v) is 7.70. The van der Waals surface area contributed by atoms with E-state index in [1.807, 2.05) is 0 Å². The Morgan fingerprint density at radius 3 is 1.25 bits per heavy atom. The van der Waals surface area contributed by atoms with Crippen LogP contribution in [0.15, 0.2) is 0 Å². The lowest BCUT2D eigenvalue weighted by atomic mass is 10.2. The van der Waals surface area contributed by atoms with Crippen molar-refractivity contribution in [3.8, 4) is 0 Å². The predicted molar refractivity (Wildman–Crippen MR) is 60.0 cm³/mol. The van der Waals surface area contributed by atoms with Crippen molar-refractivity contribution < 1.29 is 25.2 Å². The van der Waals surface area contributed by atoms with Gasteiger partial charge in [0.2, 0.25) is 0 Å². The third-order valence-electron chi connectivity index (χ3n) is 2.43. The van der Waals surface area contributed by atoms with E-state index in [1.165, 1.54) is 13.8 Å². The summed E-state index contributed by atoms with van der Waals surface area (Å²) in [5.74, 6) is 0. The zero-order valence-electron chi connectivity index (χ0n) is 9.83. The molecule has 0 aliphatic carbocycles. The molecule has 8 heteroatoms. The molecule has 98 valence electrons. The van der Waals surface area contributed by atoms with Crippen LogP contribution in [0, 0.1) is 0 Å². The van der Waals surface area contributed by atoms with E-state index in [0.717, 1.165) is 14.2 Å². The maximum atomic E-state index is 11.2. The summed E-state index contributed by atoms with van der Waals surface area (Å²) in [5.41, 5.74) is 0. The lowest BCUT2D eigenvalue weighted by molar-refractivity contribution is 0.377. The van der Waals surface area contributed by atoms with Crippen molar-refractivity contribution in [2.75, 3.05) is 14.2 Å². The van der Waals surface area contributed by atoms with Gasteiger partial charge in [-0.05, 0) is 26.7 Å². The van der Waals surface area contributed by atoms with Gasteiger partial charge < -0.3 is 0 Å². The molecule has 0 saturated carbocycles. The second kappa shape index (κ2) is 5.95. The van der Waals surface area contributed by atoms with Crippen LogP contribution in [0.4, 0.5) is 0 Å². The van der Waals surface area contributed by atoms with Gasteiger partial charge in [-0.1, -0.05) is 0 Å². The molecule has 2 atom stereocenters. The average molecular weight is 274 g/mol. The van der Waals surface area contributed by atoms with Gasteiger partial charge in [-0.25, -0.2) is 0 Å². The fourth-order valence-corrected chi connectivity index (χ4v) is 2.59. The van der Waals surface area contributed by atoms with E-state index in [0.29, 0.717) is 0 Å². The summed E-state index contributed by atoms with van der Waals surface area (Å²) in [6.07, 6.45) is 0.417. The van der Waals surface area contributed by atoms with Gasteiger partial charge in [-0.15, -0.1) is 0 Å². The molecule has 0 amide bonds. The van der Waals surface area contributed by atoms with Crippen LogP contribution in [0.25, 0.3) is 0 Å². The van der Waals surface area contributed by atoms with E-state index >= 15 is 0 Å². The average Bonchev–Trinajstić information content (AvgIpc) is 2.24. The molecule has 2 unspecified atom stereocenters. The third kappa shape index (κ3) is 4.36. The predicted octanol–water partition coefficient (Wildman–Crippen LogP) is 0.496. The van der Waals surface area contributed by atoms with Gasteiger partial charge in [0.15, 0.2) is 0 Å². The van der Waals surface area contributed by atoms with E-state index in [-0.39, 0.29) is 12.8 Å². The highest BCUT2D eigenvalue weighted by Gasteiger charge is 2.25. The molecule has 0 radical (unpaired) electrons. The maximum absolute atomic E-state index is 11.2. The summed E-state index contributed by atoms with van der Waals surface area (Å²) in [6.45, 7) is 2.95. The highest BCUT2D eigenvalue weighted by atomic mass is 32.2. The van der Waals surface area contributed by atoms with Crippen LogP contribution in [-0.4, -0.2) is 41.6 Å². The first-order chi connectivity index (χ1) is 7.17. The fourth-order valence-electron chi connectivity index (χ4n) is 1.09. The molecule has 0 aliphatic rings. The Kier molecular flexibility index (Phi) is 5.88. The van der Waals surface area contributed by atoms with Crippen molar-refractivity contribution in [3.63, 3.8) is 0 Å². The SMILES string of the molecule is COS(=O)(=O)C(C)CCC(C)S(=O)(=O)OC. The van der Waals surface area contributed by atoms with Gasteiger partial charge in [0.25, 0.3) is 20.2 Å². The highest BCUT2D eigenvalue weighted by molar-refractivity contribution is 7.87. The zero-order chi connectivity index (χ0) is 13.0. The Labute approximate surface area is 97.2 Å². The largest absolute Gasteiger partial charge is 0.273 e. The van der Waals surface area contributed by atoms with E-state index in [4.69, 9.17) is 0 Å². The van der Waals surface area contributed by atoms with Gasteiger partial charge in [0.05, 0.1) is 24.7 Å². The molecule has 0 heterocycles. The Hall–Kier alpha value is -0.180. The van der Waals surface area contributed by atoms with Gasteiger partial charge in [-0.3, -0.25) is 8.37 Å². The van der Waals surface area contributed by atoms with Gasteiger partial charge in [0.1, 0.15) is 0 Å². The first kappa shape index (κ1) is 15.8. The van der Waals surface area contributed by atoms with Gasteiger partial charge in [-0.2, -0.15) is 16.8 Å². The molecule has 0 aliphatic heterocycles. The molecule has 0 aromatic rings. The molecule has 0 bridgehead atoms. The van der Waals surface area contributed by atoms with Crippen LogP contribution >= 0.6 is 0 Å². The zero-order valence-corrected chi connectivity index (χ0v) is 11.5. The Balaban J connectivity index is 4.39. The number of hydrogen-bond donors (Lipinski definition) is 0. The molecular weight excluding hydrogens is 256 g/mol. The monoisotopic (exact) mass is 274 g/mol. The number of hydrogen-bond acceptors (Lipinski definition) is 6. The topological polar surface area (TPSA) is 86.7 Å². The molecule has 0 N–H and O–H groups in total. The van der Waals surface area contributed by atoms with Crippen LogP contribution in [0.1, 0.15) is 26.7 Å². The molecule has 0 saturated heterocycles. The molecule has 16 heavy (non-hydrogen) atoms. The molecule has 6 nitrogen and oxygen atoms in total. The lowest BCUT2D eigenvalue weighted by Gasteiger charge is -2.14. The van der Waals surface area contributed by atoms with Crippen molar-refractivity contribution in [1.29, 1.82) is 0 Å². The van der Waals surface area contributed by atoms with Crippen LogP contribution in [-0.2, 0) is 28.6 Å². The van der Waals surface area contributed by atoms with Crippen molar-refractivity contribution in [1.82, 2.24) is 0 Å². The van der Waals surface area contributed by atoms with E-state index in [9.17, 15) is 16.8 Å². The summed E-state index contributed by atoms with van der Waals surface area (Å²) in [5, 5.41) is -1.46. The molecule has 0 fully saturated rings. The van der Waals surface area contributed by atoms with E-state index < -0.39 is 30.7 Å². The van der Waals surface area contributed by atoms with E-state index in [1.54, 1.807) is 0 Å². The fraction of sp³-hybridized carbons (Fsp3) is 1.00. The third-order valence-corrected chi connectivity index (χ3v) is 5.80. The summed E-state index contributed by atoms with van der Waals surface area (Å²) in [6, 6.07) is 0. The van der Waals surface area contributed by atoms with Crippen molar-refractivity contribution in [3.05, 3.63) is 0 Å². The minimum Gasteiger partial charge on any atom is -0.273 e. The maximum Gasteiger partial charge on any atom is 0.269 e. The molecule has 0 aromatic heterocycles. The normalized spacial score (nSPS) is 17.0. The van der Waals surface area contributed by atoms with E-state index in [2.05, 4.69) is 8.37 Å². The first-order valence-electron chi connectivity index (χ1n) is 4.76. The highest BCUT2D eigenvalue weighted by Crippen LogP contribution is 2.15. The second-order valence-corrected chi connectivity index (χ2v) is 7.76. The molecular formula is C8H18O6S2. The quantitative estimate of drug-likeness (QED) is 0.628. The number of rotatable bonds is 7. The van der Waals surface area contributed by atoms with Crippen molar-refractivity contribution in [2.45, 2.75) is 37.2 Å². The van der Waals surface area contributed by atoms with Gasteiger partial charge >= 0.3 is 0 Å². The molecule has 0 spiro atoms. The standard InChI is InChI=1S/C8H18O6S2/c1-7(15(9,10)13-3)5-6-8(2)16(11,12)14-4/h7-8H,5-6H2,1-4H3. The minimum absolute atomic E-state index is 0.208. The minimum atomic E-state index is -3.58. The Bertz CT molecular complexity index is 356. The summed E-state index contributed by atoms with van der Waals surface area (Å²) < 4.78 is 53.6. The van der Waals surface area contributed by atoms with Crippen LogP contribution in [0.5, 0.6) is 0 Å². The van der Waals surface area contributed by atoms with Crippen molar-refractivity contribution >= 4 is 20.2 Å². The Morgan fingerprint density at radius 1 is 0.812 bits per heavy atom. The molecule has 0 rings (SSSR count). The smallest absolute Gasteiger partial charge is 0.269 e. The summed E-state index contributed by atoms with van der Waals surface area (Å²) >= 11 is 0. The molecule has 0 aromatic carbocycles. The second-order valence-electron chi connectivity index (χ2n) is 3.52. The summed E-state index contributed by atoms with van der Waals surface area (Å²) in [7, 11) is -4.99. The van der Waals surface area contributed by atoms with Crippen molar-refractivity contribution in [2.24, 2.45) is 0 Å². The van der Waals surface area contributed by atoms with Crippen LogP contribution in [0.2, 0.25) is 0 Å². The van der Waals surface area contributed by atoms with Gasteiger partial charge in [0, 0.05) is 0 Å². The van der Waals surface area contributed by atoms with Crippen LogP contribution in [0.3, 0.4) is 0 Å². The summed E-state index contributed by atoms with van der Waals surface area (Å²) in [4.78, 5) is 0. The lowest BCUT2D eigenvalue weighted by Crippen LogP contribution is -2.24. The Morgan fingerprint density at radius 2 is 1.06 bits per heavy atom. The van der Waals surface area contributed by atoms with Crippen LogP contribution < -0.4 is 0 Å².